The summed E-state index contributed by atoms with van der Waals surface area (Å²) in [7, 11) is 0. The first-order valence-corrected chi connectivity index (χ1v) is 33.8. The van der Waals surface area contributed by atoms with Gasteiger partial charge in [-0.25, -0.2) is 0 Å². The molecule has 82 heavy (non-hydrogen) atoms. The Morgan fingerprint density at radius 1 is 0.256 bits per heavy atom. The number of hydrogen-bond donors (Lipinski definition) is 0. The summed E-state index contributed by atoms with van der Waals surface area (Å²) < 4.78 is 16.9. The lowest BCUT2D eigenvalue weighted by Gasteiger charge is -2.18. The zero-order chi connectivity index (χ0) is 59.2. The molecule has 0 N–H and O–H groups in total. The molecule has 6 heteroatoms. The quantitative estimate of drug-likeness (QED) is 0.0261. The minimum atomic E-state index is -0.805. The van der Waals surface area contributed by atoms with Crippen molar-refractivity contribution >= 4 is 17.9 Å². The van der Waals surface area contributed by atoms with Crippen LogP contribution < -0.4 is 0 Å². The monoisotopic (exact) mass is 1130 g/mol. The van der Waals surface area contributed by atoms with Gasteiger partial charge < -0.3 is 14.2 Å². The first-order valence-electron chi connectivity index (χ1n) is 33.8. The van der Waals surface area contributed by atoms with Gasteiger partial charge in [0.1, 0.15) is 13.2 Å². The summed E-state index contributed by atoms with van der Waals surface area (Å²) in [6.45, 7) is 6.39. The van der Waals surface area contributed by atoms with Crippen molar-refractivity contribution in [3.8, 4) is 0 Å². The third kappa shape index (κ3) is 66.1. The average molecular weight is 1130 g/mol. The second kappa shape index (κ2) is 68.8. The van der Waals surface area contributed by atoms with Crippen molar-refractivity contribution in [3.63, 3.8) is 0 Å². The van der Waals surface area contributed by atoms with Gasteiger partial charge in [-0.05, 0) is 122 Å². The molecule has 0 aromatic heterocycles. The van der Waals surface area contributed by atoms with Gasteiger partial charge in [0.15, 0.2) is 6.10 Å². The van der Waals surface area contributed by atoms with Gasteiger partial charge in [-0.15, -0.1) is 0 Å². The lowest BCUT2D eigenvalue weighted by Crippen LogP contribution is -2.30. The maximum Gasteiger partial charge on any atom is 0.306 e. The van der Waals surface area contributed by atoms with E-state index < -0.39 is 6.10 Å². The molecule has 0 spiro atoms. The van der Waals surface area contributed by atoms with Crippen molar-refractivity contribution in [3.05, 3.63) is 146 Å². The van der Waals surface area contributed by atoms with E-state index >= 15 is 0 Å². The number of rotatable bonds is 60. The highest BCUT2D eigenvalue weighted by molar-refractivity contribution is 5.71. The summed E-state index contributed by atoms with van der Waals surface area (Å²) in [6.07, 6.45) is 98.5. The Hall–Kier alpha value is -4.71. The fraction of sp³-hybridized carbons (Fsp3) is 0.645. The summed E-state index contributed by atoms with van der Waals surface area (Å²) >= 11 is 0. The van der Waals surface area contributed by atoms with Crippen molar-refractivity contribution in [2.24, 2.45) is 0 Å². The van der Waals surface area contributed by atoms with Gasteiger partial charge in [-0.1, -0.05) is 301 Å². The fourth-order valence-electron chi connectivity index (χ4n) is 9.10. The van der Waals surface area contributed by atoms with Gasteiger partial charge in [0, 0.05) is 19.3 Å². The number of hydrogen-bond acceptors (Lipinski definition) is 6. The Morgan fingerprint density at radius 3 is 0.744 bits per heavy atom. The van der Waals surface area contributed by atoms with Crippen LogP contribution in [0.4, 0.5) is 0 Å². The highest BCUT2D eigenvalue weighted by Gasteiger charge is 2.19. The normalized spacial score (nSPS) is 13.1. The van der Waals surface area contributed by atoms with E-state index in [1.165, 1.54) is 96.3 Å². The zero-order valence-electron chi connectivity index (χ0n) is 53.2. The number of esters is 3. The van der Waals surface area contributed by atoms with E-state index in [4.69, 9.17) is 14.2 Å². The predicted molar refractivity (Wildman–Crippen MR) is 357 cm³/mol. The maximum atomic E-state index is 12.9. The van der Waals surface area contributed by atoms with E-state index in [0.717, 1.165) is 161 Å². The Balaban J connectivity index is 4.45. The molecule has 0 aliphatic carbocycles. The topological polar surface area (TPSA) is 78.9 Å². The molecular weight excluding hydrogens is 1010 g/mol. The number of ether oxygens (including phenoxy) is 3. The standard InChI is InChI=1S/C76H124O6/c1-4-7-10-13-16-19-22-25-28-31-33-34-35-36-37-38-39-40-41-42-43-46-48-51-54-57-60-63-66-69-75(78)81-72-73(71-80-74(77)68-65-62-59-56-53-50-47-44-30-27-24-21-18-15-12-9-6-3)82-76(79)70-67-64-61-58-55-52-49-45-32-29-26-23-20-17-14-11-8-5-2/h7,9-10,12,16,18-19,21,25,27-28,30,33-34,36-37,39-40,42-43,47-48,50-51,73H,4-6,8,11,13-15,17,20,22-24,26,29,31-32,35,38,41,44-46,49,52-72H2,1-3H3/b10-7-,12-9-,19-16-,21-18-,28-25-,30-27-,34-33-,37-36-,40-39-,43-42-,50-47-,51-48-. The first-order chi connectivity index (χ1) is 40.5. The molecule has 0 rings (SSSR count). The van der Waals surface area contributed by atoms with Crippen LogP contribution in [-0.4, -0.2) is 37.2 Å². The van der Waals surface area contributed by atoms with E-state index in [9.17, 15) is 14.4 Å². The van der Waals surface area contributed by atoms with Gasteiger partial charge >= 0.3 is 17.9 Å². The summed E-state index contributed by atoms with van der Waals surface area (Å²) in [5, 5.41) is 0. The van der Waals surface area contributed by atoms with Crippen molar-refractivity contribution in [2.45, 2.75) is 303 Å². The van der Waals surface area contributed by atoms with Gasteiger partial charge in [0.2, 0.25) is 0 Å². The van der Waals surface area contributed by atoms with E-state index in [-0.39, 0.29) is 31.1 Å². The molecule has 0 fully saturated rings. The molecule has 0 amide bonds. The third-order valence-corrected chi connectivity index (χ3v) is 14.1. The highest BCUT2D eigenvalue weighted by atomic mass is 16.6. The van der Waals surface area contributed by atoms with Crippen LogP contribution in [0.5, 0.6) is 0 Å². The molecule has 6 nitrogen and oxygen atoms in total. The van der Waals surface area contributed by atoms with Crippen LogP contribution in [0.3, 0.4) is 0 Å². The van der Waals surface area contributed by atoms with Crippen molar-refractivity contribution in [1.29, 1.82) is 0 Å². The summed E-state index contributed by atoms with van der Waals surface area (Å²) in [5.74, 6) is -0.942. The Labute approximate surface area is 506 Å². The minimum absolute atomic E-state index is 0.102. The van der Waals surface area contributed by atoms with E-state index in [2.05, 4.69) is 167 Å². The predicted octanol–water partition coefficient (Wildman–Crippen LogP) is 23.5. The molecule has 0 heterocycles. The molecule has 464 valence electrons. The molecular formula is C76H124O6. The van der Waals surface area contributed by atoms with Crippen LogP contribution in [0.1, 0.15) is 297 Å². The number of carbonyl (C=O) groups is 3. The van der Waals surface area contributed by atoms with Crippen LogP contribution in [-0.2, 0) is 28.6 Å². The number of carbonyl (C=O) groups excluding carboxylic acids is 3. The van der Waals surface area contributed by atoms with E-state index in [1.807, 2.05) is 0 Å². The minimum Gasteiger partial charge on any atom is -0.462 e. The molecule has 0 saturated heterocycles. The molecule has 0 aromatic carbocycles. The third-order valence-electron chi connectivity index (χ3n) is 14.1. The van der Waals surface area contributed by atoms with Crippen molar-refractivity contribution < 1.29 is 28.6 Å². The lowest BCUT2D eigenvalue weighted by atomic mass is 10.0. The van der Waals surface area contributed by atoms with Gasteiger partial charge in [-0.2, -0.15) is 0 Å². The number of unbranched alkanes of at least 4 members (excludes halogenated alkanes) is 25. The fourth-order valence-corrected chi connectivity index (χ4v) is 9.10. The van der Waals surface area contributed by atoms with Crippen LogP contribution in [0.25, 0.3) is 0 Å². The second-order valence-corrected chi connectivity index (χ2v) is 22.0. The zero-order valence-corrected chi connectivity index (χ0v) is 53.2. The molecule has 0 aliphatic heterocycles. The second-order valence-electron chi connectivity index (χ2n) is 22.0. The Kier molecular flexibility index (Phi) is 64.8. The Morgan fingerprint density at radius 2 is 0.476 bits per heavy atom. The number of allylic oxidation sites excluding steroid dienone is 24. The Bertz CT molecular complexity index is 1780. The highest BCUT2D eigenvalue weighted by Crippen LogP contribution is 2.16. The van der Waals surface area contributed by atoms with Gasteiger partial charge in [-0.3, -0.25) is 14.4 Å². The summed E-state index contributed by atoms with van der Waals surface area (Å²) in [4.78, 5) is 38.4. The molecule has 0 radical (unpaired) electrons. The first kappa shape index (κ1) is 77.3. The van der Waals surface area contributed by atoms with Crippen LogP contribution in [0.2, 0.25) is 0 Å². The molecule has 0 aliphatic rings. The summed E-state index contributed by atoms with van der Waals surface area (Å²) in [5.41, 5.74) is 0. The SMILES string of the molecule is CC/C=C\C/C=C\C/C=C\C/C=C\C/C=C\C/C=C\C/C=C\C/C=C\CCCCCCC(=O)OCC(COC(=O)CCCCCC/C=C\C/C=C\C/C=C\C/C=C\CC)OC(=O)CCCCCCCCCCCCCCCCCCCC. The van der Waals surface area contributed by atoms with Crippen molar-refractivity contribution in [1.82, 2.24) is 0 Å². The van der Waals surface area contributed by atoms with Crippen LogP contribution in [0, 0.1) is 0 Å². The van der Waals surface area contributed by atoms with Gasteiger partial charge in [0.05, 0.1) is 0 Å². The average Bonchev–Trinajstić information content (AvgIpc) is 3.47. The van der Waals surface area contributed by atoms with Crippen LogP contribution >= 0.6 is 0 Å². The largest absolute Gasteiger partial charge is 0.462 e. The lowest BCUT2D eigenvalue weighted by molar-refractivity contribution is -0.167. The van der Waals surface area contributed by atoms with Gasteiger partial charge in [0.25, 0.3) is 0 Å². The summed E-state index contributed by atoms with van der Waals surface area (Å²) in [6, 6.07) is 0. The van der Waals surface area contributed by atoms with Crippen molar-refractivity contribution in [2.75, 3.05) is 13.2 Å². The van der Waals surface area contributed by atoms with Crippen LogP contribution in [0.15, 0.2) is 146 Å². The molecule has 0 bridgehead atoms. The molecule has 0 saturated carbocycles. The van der Waals surface area contributed by atoms with E-state index in [1.54, 1.807) is 0 Å². The molecule has 1 unspecified atom stereocenters. The molecule has 1 atom stereocenters. The smallest absolute Gasteiger partial charge is 0.306 e. The maximum absolute atomic E-state index is 12.9. The van der Waals surface area contributed by atoms with E-state index in [0.29, 0.717) is 19.3 Å². The molecule has 0 aromatic rings.